The third-order valence-corrected chi connectivity index (χ3v) is 3.62. The molecule has 0 aliphatic carbocycles. The van der Waals surface area contributed by atoms with E-state index >= 15 is 0 Å². The van der Waals surface area contributed by atoms with Gasteiger partial charge in [-0.2, -0.15) is 0 Å². The van der Waals surface area contributed by atoms with Gasteiger partial charge in [0.05, 0.1) is 0 Å². The summed E-state index contributed by atoms with van der Waals surface area (Å²) in [6.07, 6.45) is 0. The third-order valence-electron chi connectivity index (χ3n) is 0.697. The molecule has 2 heteroatoms. The van der Waals surface area contributed by atoms with E-state index in [0.29, 0.717) is 0 Å². The number of allylic oxidation sites excluding steroid dienone is 1. The Morgan fingerprint density at radius 2 is 1.62 bits per heavy atom. The van der Waals surface area contributed by atoms with Crippen LogP contribution in [0.5, 0.6) is 0 Å². The van der Waals surface area contributed by atoms with Crippen LogP contribution in [0.3, 0.4) is 0 Å². The molecule has 0 N–H and O–H groups in total. The second-order valence-corrected chi connectivity index (χ2v) is 5.25. The summed E-state index contributed by atoms with van der Waals surface area (Å²) >= 11 is 1.62. The summed E-state index contributed by atoms with van der Waals surface area (Å²) in [7, 11) is 0. The van der Waals surface area contributed by atoms with E-state index in [2.05, 4.69) is 18.2 Å². The van der Waals surface area contributed by atoms with E-state index in [-0.39, 0.29) is 0 Å². The van der Waals surface area contributed by atoms with Gasteiger partial charge in [0.1, 0.15) is 0 Å². The average molecular weight is 242 g/mol. The fourth-order valence-corrected chi connectivity index (χ4v) is 3.25. The van der Waals surface area contributed by atoms with Gasteiger partial charge in [-0.05, 0) is 0 Å². The minimum absolute atomic E-state index is 0.808. The first-order chi connectivity index (χ1) is 3.81. The van der Waals surface area contributed by atoms with Crippen molar-refractivity contribution in [3.8, 4) is 0 Å². The summed E-state index contributed by atoms with van der Waals surface area (Å²) in [5.74, 6) is 4.53. The van der Waals surface area contributed by atoms with E-state index in [9.17, 15) is 0 Å². The summed E-state index contributed by atoms with van der Waals surface area (Å²) in [5, 5.41) is 2.59. The predicted molar refractivity (Wildman–Crippen MR) is 42.0 cm³/mol. The van der Waals surface area contributed by atoms with Gasteiger partial charge >= 0.3 is 64.3 Å². The molecule has 0 radical (unpaired) electrons. The van der Waals surface area contributed by atoms with Crippen LogP contribution in [-0.4, -0.2) is 29.9 Å². The van der Waals surface area contributed by atoms with E-state index in [1.807, 2.05) is 0 Å². The van der Waals surface area contributed by atoms with Crippen molar-refractivity contribution in [3.63, 3.8) is 0 Å². The standard InChI is InChI=1S/C6H12Se2/c1-6(4-7-2)5-8-3/h1,4-5H2,2-3H3. The Hall–Kier alpha value is 0.779. The molecule has 0 atom stereocenters. The van der Waals surface area contributed by atoms with Crippen LogP contribution in [0.2, 0.25) is 22.3 Å². The van der Waals surface area contributed by atoms with Crippen molar-refractivity contribution < 1.29 is 0 Å². The monoisotopic (exact) mass is 244 g/mol. The van der Waals surface area contributed by atoms with Gasteiger partial charge in [0, 0.05) is 0 Å². The van der Waals surface area contributed by atoms with E-state index in [0.717, 1.165) is 29.9 Å². The van der Waals surface area contributed by atoms with Gasteiger partial charge in [-0.1, -0.05) is 0 Å². The van der Waals surface area contributed by atoms with Crippen LogP contribution in [0.25, 0.3) is 0 Å². The van der Waals surface area contributed by atoms with Gasteiger partial charge in [0.2, 0.25) is 0 Å². The van der Waals surface area contributed by atoms with E-state index in [1.54, 1.807) is 0 Å². The molecule has 0 aromatic carbocycles. The van der Waals surface area contributed by atoms with Gasteiger partial charge < -0.3 is 0 Å². The molecule has 0 nitrogen and oxygen atoms in total. The van der Waals surface area contributed by atoms with Gasteiger partial charge in [-0.3, -0.25) is 0 Å². The summed E-state index contributed by atoms with van der Waals surface area (Å²) < 4.78 is 0. The van der Waals surface area contributed by atoms with Crippen LogP contribution >= 0.6 is 0 Å². The maximum absolute atomic E-state index is 3.97. The summed E-state index contributed by atoms with van der Waals surface area (Å²) in [4.78, 5) is 0. The van der Waals surface area contributed by atoms with Crippen LogP contribution in [0.4, 0.5) is 0 Å². The maximum atomic E-state index is 3.97. The zero-order chi connectivity index (χ0) is 6.41. The molecule has 0 aliphatic rings. The van der Waals surface area contributed by atoms with Crippen LogP contribution in [0.15, 0.2) is 12.2 Å². The SMILES string of the molecule is C=C(C[Se]C)C[Se]C. The zero-order valence-electron chi connectivity index (χ0n) is 5.44. The van der Waals surface area contributed by atoms with Crippen molar-refractivity contribution in [2.45, 2.75) is 22.3 Å². The first-order valence-corrected chi connectivity index (χ1v) is 8.30. The fraction of sp³-hybridized carbons (Fsp3) is 0.667. The molecule has 48 valence electrons. The molecule has 0 aliphatic heterocycles. The molecule has 0 aromatic heterocycles. The molecule has 0 unspecified atom stereocenters. The van der Waals surface area contributed by atoms with Crippen molar-refractivity contribution in [3.05, 3.63) is 12.2 Å². The number of hydrogen-bond acceptors (Lipinski definition) is 0. The first kappa shape index (κ1) is 8.78. The Kier molecular flexibility index (Phi) is 6.48. The van der Waals surface area contributed by atoms with Crippen molar-refractivity contribution in [2.75, 3.05) is 0 Å². The van der Waals surface area contributed by atoms with E-state index in [1.165, 1.54) is 16.2 Å². The molecular formula is C6H12Se2. The van der Waals surface area contributed by atoms with Crippen molar-refractivity contribution in [2.24, 2.45) is 0 Å². The van der Waals surface area contributed by atoms with Gasteiger partial charge in [-0.15, -0.1) is 0 Å². The van der Waals surface area contributed by atoms with Gasteiger partial charge in [0.25, 0.3) is 0 Å². The fourth-order valence-electron chi connectivity index (χ4n) is 0.450. The van der Waals surface area contributed by atoms with Crippen molar-refractivity contribution in [1.82, 2.24) is 0 Å². The van der Waals surface area contributed by atoms with E-state index < -0.39 is 0 Å². The molecule has 0 fully saturated rings. The molecule has 0 saturated heterocycles. The molecule has 8 heavy (non-hydrogen) atoms. The molecule has 0 amide bonds. The van der Waals surface area contributed by atoms with Crippen LogP contribution in [0, 0.1) is 0 Å². The summed E-state index contributed by atoms with van der Waals surface area (Å²) in [6, 6.07) is 0. The molecule has 0 spiro atoms. The van der Waals surface area contributed by atoms with Crippen molar-refractivity contribution >= 4 is 29.9 Å². The second-order valence-electron chi connectivity index (χ2n) is 1.62. The zero-order valence-corrected chi connectivity index (χ0v) is 8.86. The quantitative estimate of drug-likeness (QED) is 0.521. The Labute approximate surface area is 64.4 Å². The third kappa shape index (κ3) is 4.93. The van der Waals surface area contributed by atoms with Crippen molar-refractivity contribution in [1.29, 1.82) is 0 Å². The Bertz CT molecular complexity index is 60.9. The Morgan fingerprint density at radius 3 is 1.88 bits per heavy atom. The Morgan fingerprint density at radius 1 is 1.25 bits per heavy atom. The summed E-state index contributed by atoms with van der Waals surface area (Å²) in [6.45, 7) is 3.97. The molecule has 0 saturated carbocycles. The minimum atomic E-state index is 0.808. The number of rotatable bonds is 4. The van der Waals surface area contributed by atoms with E-state index in [4.69, 9.17) is 0 Å². The summed E-state index contributed by atoms with van der Waals surface area (Å²) in [5.41, 5.74) is 1.47. The molecule has 0 bridgehead atoms. The molecule has 0 heterocycles. The topological polar surface area (TPSA) is 0 Å². The predicted octanol–water partition coefficient (Wildman–Crippen LogP) is 1.88. The molecule has 0 rings (SSSR count). The molecule has 0 aromatic rings. The molecular weight excluding hydrogens is 230 g/mol. The normalized spacial score (nSPS) is 9.25. The second kappa shape index (κ2) is 5.91. The van der Waals surface area contributed by atoms with Gasteiger partial charge in [0.15, 0.2) is 0 Å². The van der Waals surface area contributed by atoms with Crippen LogP contribution in [0.1, 0.15) is 0 Å². The average Bonchev–Trinajstić information content (AvgIpc) is 1.68. The van der Waals surface area contributed by atoms with Gasteiger partial charge in [-0.25, -0.2) is 0 Å². The van der Waals surface area contributed by atoms with Crippen LogP contribution in [-0.2, 0) is 0 Å². The first-order valence-electron chi connectivity index (χ1n) is 2.45. The van der Waals surface area contributed by atoms with Crippen LogP contribution < -0.4 is 0 Å². The number of hydrogen-bond donors (Lipinski definition) is 0. The Balaban J connectivity index is 3.06.